The second kappa shape index (κ2) is 12.3. The number of primary amides is 1. The van der Waals surface area contributed by atoms with Gasteiger partial charge in [0, 0.05) is 30.2 Å². The highest BCUT2D eigenvalue weighted by molar-refractivity contribution is 6.30. The monoisotopic (exact) mass is 540 g/mol. The van der Waals surface area contributed by atoms with Gasteiger partial charge in [-0.05, 0) is 62.9 Å². The molecule has 1 amide bonds. The standard InChI is InChI=1S/C29H37ClN4O4/c1-3-4-9-25(26(31)35)34-27(20-7-5-8-21(30)18-20)32-24-11-10-22(19-23(24)28(34)36)38-17-6-14-33-15-12-29(2,37)13-16-33/h5,7-8,10-11,18-19,25,37H,3-4,6,9,12-17H2,1-2H3,(H2,31,35). The van der Waals surface area contributed by atoms with E-state index in [0.29, 0.717) is 46.1 Å². The molecule has 1 aliphatic heterocycles. The summed E-state index contributed by atoms with van der Waals surface area (Å²) in [5.41, 5.74) is 6.04. The Labute approximate surface area is 228 Å². The Hall–Kier alpha value is -2.94. The van der Waals surface area contributed by atoms with E-state index in [1.807, 2.05) is 26.0 Å². The van der Waals surface area contributed by atoms with Crippen molar-refractivity contribution in [2.24, 2.45) is 5.73 Å². The molecule has 1 aromatic heterocycles. The molecule has 0 saturated carbocycles. The molecule has 1 aliphatic rings. The number of amides is 1. The maximum Gasteiger partial charge on any atom is 0.262 e. The van der Waals surface area contributed by atoms with E-state index < -0.39 is 17.6 Å². The number of halogens is 1. The number of aromatic nitrogens is 2. The SMILES string of the molecule is CCCCC(C(N)=O)n1c(-c2cccc(Cl)c2)nc2ccc(OCCCN3CCC(C)(O)CC3)cc2c1=O. The Kier molecular flexibility index (Phi) is 9.07. The van der Waals surface area contributed by atoms with Crippen molar-refractivity contribution < 1.29 is 14.6 Å². The summed E-state index contributed by atoms with van der Waals surface area (Å²) in [6, 6.07) is 11.5. The van der Waals surface area contributed by atoms with Crippen LogP contribution in [0.4, 0.5) is 0 Å². The predicted octanol–water partition coefficient (Wildman–Crippen LogP) is 4.55. The fourth-order valence-electron chi connectivity index (χ4n) is 4.92. The predicted molar refractivity (Wildman–Crippen MR) is 151 cm³/mol. The lowest BCUT2D eigenvalue weighted by molar-refractivity contribution is -0.121. The van der Waals surface area contributed by atoms with Crippen LogP contribution in [0.25, 0.3) is 22.3 Å². The van der Waals surface area contributed by atoms with Crippen LogP contribution in [0.5, 0.6) is 5.75 Å². The van der Waals surface area contributed by atoms with Crippen LogP contribution in [0.3, 0.4) is 0 Å². The van der Waals surface area contributed by atoms with Gasteiger partial charge in [0.25, 0.3) is 5.56 Å². The third-order valence-electron chi connectivity index (χ3n) is 7.25. The van der Waals surface area contributed by atoms with Gasteiger partial charge in [-0.1, -0.05) is 43.5 Å². The van der Waals surface area contributed by atoms with Gasteiger partial charge in [0.2, 0.25) is 5.91 Å². The van der Waals surface area contributed by atoms with Crippen molar-refractivity contribution in [2.75, 3.05) is 26.2 Å². The number of unbranched alkanes of at least 4 members (excludes halogenated alkanes) is 1. The van der Waals surface area contributed by atoms with Crippen molar-refractivity contribution in [3.05, 3.63) is 57.8 Å². The second-order valence-electron chi connectivity index (χ2n) is 10.4. The van der Waals surface area contributed by atoms with E-state index in [0.717, 1.165) is 51.7 Å². The minimum absolute atomic E-state index is 0.337. The zero-order valence-electron chi connectivity index (χ0n) is 22.2. The average molecular weight is 541 g/mol. The van der Waals surface area contributed by atoms with E-state index in [2.05, 4.69) is 4.90 Å². The number of nitrogens with two attached hydrogens (primary N) is 1. The number of ether oxygens (including phenoxy) is 1. The number of hydrogen-bond acceptors (Lipinski definition) is 6. The topological polar surface area (TPSA) is 111 Å². The molecule has 1 unspecified atom stereocenters. The highest BCUT2D eigenvalue weighted by Gasteiger charge is 2.27. The van der Waals surface area contributed by atoms with Crippen molar-refractivity contribution in [3.8, 4) is 17.1 Å². The fourth-order valence-corrected chi connectivity index (χ4v) is 5.11. The van der Waals surface area contributed by atoms with E-state index in [1.165, 1.54) is 4.57 Å². The molecular weight excluding hydrogens is 504 g/mol. The van der Waals surface area contributed by atoms with Crippen LogP contribution < -0.4 is 16.0 Å². The van der Waals surface area contributed by atoms with E-state index >= 15 is 0 Å². The molecule has 9 heteroatoms. The maximum atomic E-state index is 13.9. The van der Waals surface area contributed by atoms with Crippen LogP contribution in [-0.2, 0) is 4.79 Å². The van der Waals surface area contributed by atoms with E-state index in [1.54, 1.807) is 30.3 Å². The van der Waals surface area contributed by atoms with Crippen LogP contribution in [0.15, 0.2) is 47.3 Å². The summed E-state index contributed by atoms with van der Waals surface area (Å²) < 4.78 is 7.40. The Balaban J connectivity index is 1.60. The molecule has 3 aromatic rings. The average Bonchev–Trinajstić information content (AvgIpc) is 2.88. The molecule has 38 heavy (non-hydrogen) atoms. The zero-order valence-corrected chi connectivity index (χ0v) is 22.9. The van der Waals surface area contributed by atoms with Crippen molar-refractivity contribution in [1.29, 1.82) is 0 Å². The molecule has 0 spiro atoms. The Morgan fingerprint density at radius 1 is 1.21 bits per heavy atom. The number of benzene rings is 2. The minimum Gasteiger partial charge on any atom is -0.494 e. The summed E-state index contributed by atoms with van der Waals surface area (Å²) in [6.07, 6.45) is 4.43. The Bertz CT molecular complexity index is 1330. The normalized spacial score (nSPS) is 16.4. The van der Waals surface area contributed by atoms with Crippen molar-refractivity contribution in [2.45, 2.75) is 64.0 Å². The maximum absolute atomic E-state index is 13.9. The summed E-state index contributed by atoms with van der Waals surface area (Å²) in [5.74, 6) is 0.361. The third kappa shape index (κ3) is 6.73. The summed E-state index contributed by atoms with van der Waals surface area (Å²) in [6.45, 7) is 7.06. The highest BCUT2D eigenvalue weighted by Crippen LogP contribution is 2.28. The summed E-state index contributed by atoms with van der Waals surface area (Å²) >= 11 is 6.24. The molecule has 8 nitrogen and oxygen atoms in total. The molecule has 1 saturated heterocycles. The molecule has 1 fully saturated rings. The first-order valence-electron chi connectivity index (χ1n) is 13.4. The first kappa shape index (κ1) is 28.1. The number of aliphatic hydroxyl groups is 1. The zero-order chi connectivity index (χ0) is 27.3. The summed E-state index contributed by atoms with van der Waals surface area (Å²) in [4.78, 5) is 33.5. The lowest BCUT2D eigenvalue weighted by Gasteiger charge is -2.35. The summed E-state index contributed by atoms with van der Waals surface area (Å²) in [7, 11) is 0. The van der Waals surface area contributed by atoms with Gasteiger partial charge in [0.05, 0.1) is 23.1 Å². The van der Waals surface area contributed by atoms with Gasteiger partial charge in [-0.15, -0.1) is 0 Å². The van der Waals surface area contributed by atoms with E-state index in [-0.39, 0.29) is 5.56 Å². The quantitative estimate of drug-likeness (QED) is 0.345. The number of piperidine rings is 1. The van der Waals surface area contributed by atoms with Crippen LogP contribution in [0, 0.1) is 0 Å². The second-order valence-corrected chi connectivity index (χ2v) is 10.8. The Morgan fingerprint density at radius 3 is 2.66 bits per heavy atom. The molecular formula is C29H37ClN4O4. The van der Waals surface area contributed by atoms with Gasteiger partial charge in [-0.3, -0.25) is 14.2 Å². The molecule has 0 aliphatic carbocycles. The van der Waals surface area contributed by atoms with Crippen LogP contribution >= 0.6 is 11.6 Å². The number of carbonyl (C=O) groups excluding carboxylic acids is 1. The van der Waals surface area contributed by atoms with Gasteiger partial charge in [-0.2, -0.15) is 0 Å². The first-order chi connectivity index (χ1) is 18.2. The number of nitrogens with zero attached hydrogens (tertiary/aromatic N) is 3. The van der Waals surface area contributed by atoms with Gasteiger partial charge in [-0.25, -0.2) is 4.98 Å². The molecule has 1 atom stereocenters. The Morgan fingerprint density at radius 2 is 1.97 bits per heavy atom. The van der Waals surface area contributed by atoms with Crippen LogP contribution in [0.2, 0.25) is 5.02 Å². The number of carbonyl (C=O) groups is 1. The molecule has 0 radical (unpaired) electrons. The molecule has 0 bridgehead atoms. The fraction of sp³-hybridized carbons (Fsp3) is 0.483. The first-order valence-corrected chi connectivity index (χ1v) is 13.8. The molecule has 3 N–H and O–H groups in total. The third-order valence-corrected chi connectivity index (χ3v) is 7.48. The van der Waals surface area contributed by atoms with Crippen molar-refractivity contribution in [3.63, 3.8) is 0 Å². The minimum atomic E-state index is -0.830. The van der Waals surface area contributed by atoms with Crippen LogP contribution in [-0.4, -0.2) is 57.3 Å². The number of rotatable bonds is 11. The smallest absolute Gasteiger partial charge is 0.262 e. The van der Waals surface area contributed by atoms with Gasteiger partial charge in [0.15, 0.2) is 0 Å². The molecule has 2 heterocycles. The molecule has 204 valence electrons. The van der Waals surface area contributed by atoms with Crippen molar-refractivity contribution >= 4 is 28.4 Å². The van der Waals surface area contributed by atoms with Gasteiger partial charge >= 0.3 is 0 Å². The van der Waals surface area contributed by atoms with E-state index in [4.69, 9.17) is 27.1 Å². The lowest BCUT2D eigenvalue weighted by atomic mass is 9.94. The van der Waals surface area contributed by atoms with Crippen molar-refractivity contribution in [1.82, 2.24) is 14.5 Å². The highest BCUT2D eigenvalue weighted by atomic mass is 35.5. The lowest BCUT2D eigenvalue weighted by Crippen LogP contribution is -2.42. The van der Waals surface area contributed by atoms with Crippen LogP contribution in [0.1, 0.15) is 58.4 Å². The molecule has 4 rings (SSSR count). The van der Waals surface area contributed by atoms with E-state index in [9.17, 15) is 14.7 Å². The number of hydrogen-bond donors (Lipinski definition) is 2. The van der Waals surface area contributed by atoms with Gasteiger partial charge in [0.1, 0.15) is 17.6 Å². The van der Waals surface area contributed by atoms with Gasteiger partial charge < -0.3 is 20.5 Å². The largest absolute Gasteiger partial charge is 0.494 e. The summed E-state index contributed by atoms with van der Waals surface area (Å²) in [5, 5.41) is 11.0. The number of likely N-dealkylation sites (tertiary alicyclic amines) is 1. The molecule has 2 aromatic carbocycles. The number of fused-ring (bicyclic) bond motifs is 1.